The van der Waals surface area contributed by atoms with Crippen LogP contribution in [0.4, 0.5) is 22.0 Å². The zero-order valence-electron chi connectivity index (χ0n) is 17.7. The number of hydrogen-bond acceptors (Lipinski definition) is 3. The van der Waals surface area contributed by atoms with Gasteiger partial charge in [0, 0.05) is 18.7 Å². The van der Waals surface area contributed by atoms with E-state index < -0.39 is 18.4 Å². The van der Waals surface area contributed by atoms with Crippen LogP contribution >= 0.6 is 0 Å². The van der Waals surface area contributed by atoms with E-state index in [1.165, 1.54) is 36.4 Å². The normalized spacial score (nSPS) is 15.7. The van der Waals surface area contributed by atoms with Crippen LogP contribution in [0.5, 0.6) is 11.5 Å². The second-order valence-corrected chi connectivity index (χ2v) is 8.27. The van der Waals surface area contributed by atoms with Crippen molar-refractivity contribution in [2.75, 3.05) is 13.1 Å². The number of alkyl halides is 5. The molecule has 0 spiro atoms. The van der Waals surface area contributed by atoms with Crippen LogP contribution in [0.15, 0.2) is 48.5 Å². The second-order valence-electron chi connectivity index (χ2n) is 8.27. The lowest BCUT2D eigenvalue weighted by molar-refractivity contribution is -0.274. The molecule has 0 aromatic heterocycles. The van der Waals surface area contributed by atoms with E-state index in [0.717, 1.165) is 5.56 Å². The van der Waals surface area contributed by atoms with E-state index in [-0.39, 0.29) is 28.9 Å². The first-order valence-corrected chi connectivity index (χ1v) is 10.2. The first kappa shape index (κ1) is 23.8. The minimum atomic E-state index is -4.76. The van der Waals surface area contributed by atoms with Crippen LogP contribution in [0.25, 0.3) is 0 Å². The van der Waals surface area contributed by atoms with Crippen molar-refractivity contribution in [1.82, 2.24) is 4.90 Å². The molecule has 1 amide bonds. The maximum Gasteiger partial charge on any atom is 0.573 e. The molecule has 3 rings (SSSR count). The van der Waals surface area contributed by atoms with Crippen LogP contribution in [0, 0.1) is 5.92 Å². The van der Waals surface area contributed by atoms with Gasteiger partial charge in [0.1, 0.15) is 11.5 Å². The number of carbonyl (C=O) groups excluding carboxylic acids is 1. The lowest BCUT2D eigenvalue weighted by Gasteiger charge is -2.41. The summed E-state index contributed by atoms with van der Waals surface area (Å²) in [5, 5.41) is 0. The SMILES string of the molecule is CC(C)(c1cccc(OC(F)(F)F)c1)C1CCN(C(=O)c2cccc(OC(F)F)c2)CC1. The Balaban J connectivity index is 1.66. The molecule has 1 aliphatic heterocycles. The Bertz CT molecular complexity index is 937. The predicted molar refractivity (Wildman–Crippen MR) is 108 cm³/mol. The molecule has 1 aliphatic rings. The van der Waals surface area contributed by atoms with Crippen LogP contribution in [-0.4, -0.2) is 36.9 Å². The molecule has 1 heterocycles. The fourth-order valence-corrected chi connectivity index (χ4v) is 4.12. The van der Waals surface area contributed by atoms with Crippen molar-refractivity contribution in [1.29, 1.82) is 0 Å². The summed E-state index contributed by atoms with van der Waals surface area (Å²) in [6.07, 6.45) is -3.46. The largest absolute Gasteiger partial charge is 0.573 e. The Morgan fingerprint density at radius 2 is 1.62 bits per heavy atom. The summed E-state index contributed by atoms with van der Waals surface area (Å²) < 4.78 is 71.0. The number of rotatable bonds is 6. The third kappa shape index (κ3) is 5.89. The van der Waals surface area contributed by atoms with Gasteiger partial charge in [-0.3, -0.25) is 4.79 Å². The molecule has 0 radical (unpaired) electrons. The number of benzene rings is 2. The van der Waals surface area contributed by atoms with E-state index >= 15 is 0 Å². The Morgan fingerprint density at radius 1 is 1.00 bits per heavy atom. The highest BCUT2D eigenvalue weighted by Gasteiger charge is 2.36. The molecule has 2 aromatic carbocycles. The molecular weight excluding hydrogens is 433 g/mol. The summed E-state index contributed by atoms with van der Waals surface area (Å²) in [5.74, 6) is -0.493. The number of hydrogen-bond donors (Lipinski definition) is 0. The fourth-order valence-electron chi connectivity index (χ4n) is 4.12. The van der Waals surface area contributed by atoms with Crippen LogP contribution in [0.2, 0.25) is 0 Å². The van der Waals surface area contributed by atoms with Crippen LogP contribution in [0.3, 0.4) is 0 Å². The monoisotopic (exact) mass is 457 g/mol. The first-order valence-electron chi connectivity index (χ1n) is 10.2. The average Bonchev–Trinajstić information content (AvgIpc) is 2.72. The number of piperidine rings is 1. The maximum atomic E-state index is 12.8. The average molecular weight is 457 g/mol. The number of ether oxygens (including phenoxy) is 2. The highest BCUT2D eigenvalue weighted by molar-refractivity contribution is 5.94. The van der Waals surface area contributed by atoms with Crippen LogP contribution in [0.1, 0.15) is 42.6 Å². The predicted octanol–water partition coefficient (Wildman–Crippen LogP) is 6.02. The lowest BCUT2D eigenvalue weighted by atomic mass is 9.69. The zero-order valence-corrected chi connectivity index (χ0v) is 17.7. The molecule has 0 aliphatic carbocycles. The molecule has 0 atom stereocenters. The quantitative estimate of drug-likeness (QED) is 0.498. The summed E-state index contributed by atoms with van der Waals surface area (Å²) in [7, 11) is 0. The van der Waals surface area contributed by atoms with Gasteiger partial charge in [-0.15, -0.1) is 13.2 Å². The van der Waals surface area contributed by atoms with Gasteiger partial charge in [0.15, 0.2) is 0 Å². The lowest BCUT2D eigenvalue weighted by Crippen LogP contribution is -2.43. The van der Waals surface area contributed by atoms with Gasteiger partial charge in [-0.25, -0.2) is 0 Å². The van der Waals surface area contributed by atoms with Gasteiger partial charge in [-0.1, -0.05) is 32.0 Å². The second kappa shape index (κ2) is 9.34. The zero-order chi connectivity index (χ0) is 23.5. The number of amides is 1. The van der Waals surface area contributed by atoms with E-state index in [9.17, 15) is 26.7 Å². The van der Waals surface area contributed by atoms with Crippen molar-refractivity contribution in [2.24, 2.45) is 5.92 Å². The minimum Gasteiger partial charge on any atom is -0.435 e. The number of nitrogens with zero attached hydrogens (tertiary/aromatic N) is 1. The van der Waals surface area contributed by atoms with Gasteiger partial charge in [-0.2, -0.15) is 8.78 Å². The van der Waals surface area contributed by atoms with E-state index in [1.807, 2.05) is 13.8 Å². The summed E-state index contributed by atoms with van der Waals surface area (Å²) >= 11 is 0. The molecule has 9 heteroatoms. The summed E-state index contributed by atoms with van der Waals surface area (Å²) in [4.78, 5) is 14.5. The van der Waals surface area contributed by atoms with E-state index in [0.29, 0.717) is 25.9 Å². The molecule has 0 bridgehead atoms. The molecule has 2 aromatic rings. The molecule has 0 saturated carbocycles. The Kier molecular flexibility index (Phi) is 6.95. The first-order chi connectivity index (χ1) is 15.0. The number of carbonyl (C=O) groups is 1. The summed E-state index contributed by atoms with van der Waals surface area (Å²) in [6.45, 7) is 1.86. The van der Waals surface area contributed by atoms with Gasteiger partial charge in [0.2, 0.25) is 0 Å². The Morgan fingerprint density at radius 3 is 2.25 bits per heavy atom. The molecule has 1 fully saturated rings. The minimum absolute atomic E-state index is 0.0807. The topological polar surface area (TPSA) is 38.8 Å². The van der Waals surface area contributed by atoms with Gasteiger partial charge in [0.25, 0.3) is 5.91 Å². The van der Waals surface area contributed by atoms with Crippen molar-refractivity contribution < 1.29 is 36.2 Å². The van der Waals surface area contributed by atoms with E-state index in [4.69, 9.17) is 0 Å². The Labute approximate surface area is 182 Å². The highest BCUT2D eigenvalue weighted by Crippen LogP contribution is 2.40. The van der Waals surface area contributed by atoms with Crippen molar-refractivity contribution in [3.63, 3.8) is 0 Å². The summed E-state index contributed by atoms with van der Waals surface area (Å²) in [6, 6.07) is 11.6. The van der Waals surface area contributed by atoms with Gasteiger partial charge >= 0.3 is 13.0 Å². The standard InChI is InChI=1S/C23H24F5NO3/c1-22(2,17-6-4-8-19(14-17)32-23(26,27)28)16-9-11-29(12-10-16)20(30)15-5-3-7-18(13-15)31-21(24)25/h3-8,13-14,16,21H,9-12H2,1-2H3. The Hall–Kier alpha value is -2.84. The maximum absolute atomic E-state index is 12.8. The fraction of sp³-hybridized carbons (Fsp3) is 0.435. The smallest absolute Gasteiger partial charge is 0.435 e. The molecule has 0 N–H and O–H groups in total. The van der Waals surface area contributed by atoms with E-state index in [1.54, 1.807) is 17.0 Å². The number of halogens is 5. The van der Waals surface area contributed by atoms with Crippen LogP contribution in [-0.2, 0) is 5.41 Å². The van der Waals surface area contributed by atoms with Crippen molar-refractivity contribution in [3.05, 3.63) is 59.7 Å². The molecule has 174 valence electrons. The molecular formula is C23H24F5NO3. The third-order valence-electron chi connectivity index (χ3n) is 5.92. The van der Waals surface area contributed by atoms with Crippen molar-refractivity contribution >= 4 is 5.91 Å². The van der Waals surface area contributed by atoms with E-state index in [2.05, 4.69) is 9.47 Å². The van der Waals surface area contributed by atoms with Crippen molar-refractivity contribution in [3.8, 4) is 11.5 Å². The third-order valence-corrected chi connectivity index (χ3v) is 5.92. The van der Waals surface area contributed by atoms with Gasteiger partial charge in [0.05, 0.1) is 0 Å². The van der Waals surface area contributed by atoms with Crippen LogP contribution < -0.4 is 9.47 Å². The van der Waals surface area contributed by atoms with Crippen molar-refractivity contribution in [2.45, 2.75) is 45.1 Å². The molecule has 1 saturated heterocycles. The molecule has 4 nitrogen and oxygen atoms in total. The molecule has 0 unspecified atom stereocenters. The number of likely N-dealkylation sites (tertiary alicyclic amines) is 1. The van der Waals surface area contributed by atoms with Gasteiger partial charge < -0.3 is 14.4 Å². The highest BCUT2D eigenvalue weighted by atomic mass is 19.4. The summed E-state index contributed by atoms with van der Waals surface area (Å²) in [5.41, 5.74) is 0.546. The molecule has 32 heavy (non-hydrogen) atoms. The van der Waals surface area contributed by atoms with Gasteiger partial charge in [-0.05, 0) is 60.1 Å².